The molecule has 1 amide bonds. The molecular weight excluding hydrogens is 232 g/mol. The van der Waals surface area contributed by atoms with Gasteiger partial charge in [0.1, 0.15) is 0 Å². The number of aliphatic hydroxyl groups is 1. The Hall–Kier alpha value is -1.62. The van der Waals surface area contributed by atoms with Gasteiger partial charge in [0.05, 0.1) is 11.2 Å². The fraction of sp³-hybridized carbons (Fsp3) is 0.538. The molecule has 0 saturated heterocycles. The molecule has 0 aliphatic rings. The number of carbonyl (C=O) groups excluding carboxylic acids is 1. The van der Waals surface area contributed by atoms with Crippen molar-refractivity contribution < 1.29 is 9.90 Å². The van der Waals surface area contributed by atoms with Crippen molar-refractivity contribution >= 4 is 5.91 Å². The lowest BCUT2D eigenvalue weighted by molar-refractivity contribution is 0.0314. The molecule has 0 aliphatic carbocycles. The van der Waals surface area contributed by atoms with E-state index in [-0.39, 0.29) is 18.0 Å². The average molecular weight is 252 g/mol. The van der Waals surface area contributed by atoms with Crippen LogP contribution in [0.5, 0.6) is 0 Å². The Labute approximate surface area is 107 Å². The molecule has 1 rings (SSSR count). The summed E-state index contributed by atoms with van der Waals surface area (Å²) >= 11 is 0. The molecule has 100 valence electrons. The summed E-state index contributed by atoms with van der Waals surface area (Å²) in [7, 11) is 1.60. The van der Waals surface area contributed by atoms with Gasteiger partial charge in [-0.1, -0.05) is 0 Å². The Morgan fingerprint density at radius 1 is 1.44 bits per heavy atom. The Bertz CT molecular complexity index is 486. The van der Waals surface area contributed by atoms with Crippen molar-refractivity contribution in [2.24, 2.45) is 7.05 Å². The summed E-state index contributed by atoms with van der Waals surface area (Å²) in [5.74, 6) is -0.185. The predicted octanol–water partition coefficient (Wildman–Crippen LogP) is 0.618. The van der Waals surface area contributed by atoms with E-state index in [1.54, 1.807) is 25.8 Å². The van der Waals surface area contributed by atoms with Crippen LogP contribution in [-0.2, 0) is 7.05 Å². The van der Waals surface area contributed by atoms with E-state index in [0.29, 0.717) is 12.1 Å². The van der Waals surface area contributed by atoms with Crippen LogP contribution in [0.2, 0.25) is 0 Å². The van der Waals surface area contributed by atoms with E-state index in [9.17, 15) is 14.7 Å². The van der Waals surface area contributed by atoms with Gasteiger partial charge in [-0.3, -0.25) is 9.59 Å². The zero-order chi connectivity index (χ0) is 13.9. The van der Waals surface area contributed by atoms with E-state index < -0.39 is 5.60 Å². The molecule has 0 aromatic carbocycles. The SMILES string of the molecule is CCN(CC(C)(C)O)C(=O)c1ccc(=O)n(C)c1. The maximum atomic E-state index is 12.2. The highest BCUT2D eigenvalue weighted by Gasteiger charge is 2.22. The van der Waals surface area contributed by atoms with Gasteiger partial charge in [-0.2, -0.15) is 0 Å². The number of pyridine rings is 1. The zero-order valence-corrected chi connectivity index (χ0v) is 11.3. The van der Waals surface area contributed by atoms with Crippen LogP contribution in [0, 0.1) is 0 Å². The van der Waals surface area contributed by atoms with Crippen molar-refractivity contribution in [2.75, 3.05) is 13.1 Å². The number of hydrogen-bond acceptors (Lipinski definition) is 3. The lowest BCUT2D eigenvalue weighted by atomic mass is 10.1. The molecule has 0 aliphatic heterocycles. The fourth-order valence-corrected chi connectivity index (χ4v) is 1.70. The van der Waals surface area contributed by atoms with Gasteiger partial charge < -0.3 is 14.6 Å². The van der Waals surface area contributed by atoms with Gasteiger partial charge in [0.15, 0.2) is 0 Å². The number of carbonyl (C=O) groups is 1. The molecule has 0 spiro atoms. The second-order valence-corrected chi connectivity index (χ2v) is 5.00. The minimum Gasteiger partial charge on any atom is -0.389 e. The highest BCUT2D eigenvalue weighted by Crippen LogP contribution is 2.09. The molecule has 1 N–H and O–H groups in total. The number of nitrogens with zero attached hydrogens (tertiary/aromatic N) is 2. The van der Waals surface area contributed by atoms with Crippen LogP contribution in [0.15, 0.2) is 23.1 Å². The molecule has 1 aromatic heterocycles. The van der Waals surface area contributed by atoms with Gasteiger partial charge in [0.2, 0.25) is 5.56 Å². The summed E-state index contributed by atoms with van der Waals surface area (Å²) in [5.41, 5.74) is -0.646. The van der Waals surface area contributed by atoms with Crippen molar-refractivity contribution in [1.82, 2.24) is 9.47 Å². The molecular formula is C13H20N2O3. The molecule has 0 unspecified atom stereocenters. The maximum absolute atomic E-state index is 12.2. The molecule has 0 bridgehead atoms. The molecule has 0 fully saturated rings. The van der Waals surface area contributed by atoms with Gasteiger partial charge in [0.25, 0.3) is 5.91 Å². The van der Waals surface area contributed by atoms with Crippen LogP contribution in [-0.4, -0.2) is 39.2 Å². The van der Waals surface area contributed by atoms with Gasteiger partial charge in [0, 0.05) is 32.4 Å². The molecule has 5 nitrogen and oxygen atoms in total. The lowest BCUT2D eigenvalue weighted by Crippen LogP contribution is -2.42. The third-order valence-corrected chi connectivity index (χ3v) is 2.58. The third kappa shape index (κ3) is 3.70. The highest BCUT2D eigenvalue weighted by atomic mass is 16.3. The van der Waals surface area contributed by atoms with E-state index in [1.165, 1.54) is 22.9 Å². The largest absolute Gasteiger partial charge is 0.389 e. The Balaban J connectivity index is 2.96. The lowest BCUT2D eigenvalue weighted by Gasteiger charge is -2.28. The predicted molar refractivity (Wildman–Crippen MR) is 69.6 cm³/mol. The van der Waals surface area contributed by atoms with Crippen LogP contribution >= 0.6 is 0 Å². The molecule has 5 heteroatoms. The van der Waals surface area contributed by atoms with Crippen molar-refractivity contribution in [1.29, 1.82) is 0 Å². The first-order valence-corrected chi connectivity index (χ1v) is 5.93. The fourth-order valence-electron chi connectivity index (χ4n) is 1.70. The average Bonchev–Trinajstić information content (AvgIpc) is 2.27. The number of hydrogen-bond donors (Lipinski definition) is 1. The van der Waals surface area contributed by atoms with Crippen LogP contribution in [0.4, 0.5) is 0 Å². The number of amides is 1. The second kappa shape index (κ2) is 5.35. The minimum absolute atomic E-state index is 0.155. The van der Waals surface area contributed by atoms with Gasteiger partial charge in [-0.05, 0) is 26.8 Å². The van der Waals surface area contributed by atoms with Crippen molar-refractivity contribution in [2.45, 2.75) is 26.4 Å². The highest BCUT2D eigenvalue weighted by molar-refractivity contribution is 5.93. The first kappa shape index (κ1) is 14.4. The number of aryl methyl sites for hydroxylation is 1. The quantitative estimate of drug-likeness (QED) is 0.854. The summed E-state index contributed by atoms with van der Waals surface area (Å²) in [6.45, 7) is 5.93. The Morgan fingerprint density at radius 3 is 2.50 bits per heavy atom. The Kier molecular flexibility index (Phi) is 4.29. The van der Waals surface area contributed by atoms with Crippen LogP contribution in [0.3, 0.4) is 0 Å². The first-order valence-electron chi connectivity index (χ1n) is 5.93. The van der Waals surface area contributed by atoms with E-state index in [2.05, 4.69) is 0 Å². The van der Waals surface area contributed by atoms with E-state index in [0.717, 1.165) is 0 Å². The maximum Gasteiger partial charge on any atom is 0.255 e. The third-order valence-electron chi connectivity index (χ3n) is 2.58. The standard InChI is InChI=1S/C13H20N2O3/c1-5-15(9-13(2,3)18)12(17)10-6-7-11(16)14(4)8-10/h6-8,18H,5,9H2,1-4H3. The van der Waals surface area contributed by atoms with Crippen LogP contribution < -0.4 is 5.56 Å². The normalized spacial score (nSPS) is 11.4. The van der Waals surface area contributed by atoms with E-state index >= 15 is 0 Å². The number of aromatic nitrogens is 1. The van der Waals surface area contributed by atoms with Crippen molar-refractivity contribution in [3.8, 4) is 0 Å². The van der Waals surface area contributed by atoms with Crippen LogP contribution in [0.25, 0.3) is 0 Å². The van der Waals surface area contributed by atoms with Crippen molar-refractivity contribution in [3.05, 3.63) is 34.2 Å². The van der Waals surface area contributed by atoms with Gasteiger partial charge in [-0.15, -0.1) is 0 Å². The molecule has 0 saturated carbocycles. The number of likely N-dealkylation sites (N-methyl/N-ethyl adjacent to an activating group) is 1. The monoisotopic (exact) mass is 252 g/mol. The Morgan fingerprint density at radius 2 is 2.06 bits per heavy atom. The molecule has 0 radical (unpaired) electrons. The van der Waals surface area contributed by atoms with Gasteiger partial charge >= 0.3 is 0 Å². The zero-order valence-electron chi connectivity index (χ0n) is 11.3. The molecule has 0 atom stereocenters. The summed E-state index contributed by atoms with van der Waals surface area (Å²) in [4.78, 5) is 25.0. The summed E-state index contributed by atoms with van der Waals surface area (Å²) < 4.78 is 1.37. The smallest absolute Gasteiger partial charge is 0.255 e. The van der Waals surface area contributed by atoms with E-state index in [1.807, 2.05) is 6.92 Å². The topological polar surface area (TPSA) is 62.5 Å². The second-order valence-electron chi connectivity index (χ2n) is 5.00. The summed E-state index contributed by atoms with van der Waals surface area (Å²) in [6, 6.07) is 2.88. The van der Waals surface area contributed by atoms with E-state index in [4.69, 9.17) is 0 Å². The minimum atomic E-state index is -0.938. The molecule has 18 heavy (non-hydrogen) atoms. The number of rotatable bonds is 4. The first-order chi connectivity index (χ1) is 8.24. The summed E-state index contributed by atoms with van der Waals surface area (Å²) in [6.07, 6.45) is 1.51. The molecule has 1 aromatic rings. The van der Waals surface area contributed by atoms with Crippen LogP contribution in [0.1, 0.15) is 31.1 Å². The summed E-state index contributed by atoms with van der Waals surface area (Å²) in [5, 5.41) is 9.76. The van der Waals surface area contributed by atoms with Gasteiger partial charge in [-0.25, -0.2) is 0 Å². The van der Waals surface area contributed by atoms with Crippen molar-refractivity contribution in [3.63, 3.8) is 0 Å². The molecule has 1 heterocycles.